The number of hydrogen-bond acceptors (Lipinski definition) is 3. The smallest absolute Gasteiger partial charge is 0.125 e. The molecular weight excluding hydrogens is 238 g/mol. The number of aromatic nitrogens is 2. The summed E-state index contributed by atoms with van der Waals surface area (Å²) in [6.07, 6.45) is 4.70. The van der Waals surface area contributed by atoms with Gasteiger partial charge >= 0.3 is 0 Å². The molecule has 0 aliphatic heterocycles. The van der Waals surface area contributed by atoms with Crippen LogP contribution in [-0.4, -0.2) is 22.7 Å². The van der Waals surface area contributed by atoms with Crippen LogP contribution in [0.1, 0.15) is 25.2 Å². The Hall–Kier alpha value is -1.81. The van der Waals surface area contributed by atoms with Crippen molar-refractivity contribution in [3.8, 4) is 5.75 Å². The first kappa shape index (κ1) is 13.6. The Bertz CT molecular complexity index is 481. The van der Waals surface area contributed by atoms with E-state index < -0.39 is 0 Å². The largest absolute Gasteiger partial charge is 0.494 e. The van der Waals surface area contributed by atoms with Crippen molar-refractivity contribution < 1.29 is 4.74 Å². The molecule has 0 saturated carbocycles. The molecule has 0 saturated heterocycles. The predicted octanol–water partition coefficient (Wildman–Crippen LogP) is 2.54. The Morgan fingerprint density at radius 3 is 2.74 bits per heavy atom. The minimum Gasteiger partial charge on any atom is -0.494 e. The maximum atomic E-state index is 5.74. The fraction of sp³-hybridized carbons (Fsp3) is 0.400. The van der Waals surface area contributed by atoms with E-state index in [1.807, 2.05) is 49.8 Å². The van der Waals surface area contributed by atoms with E-state index in [0.29, 0.717) is 6.61 Å². The molecule has 0 bridgehead atoms. The molecule has 0 aliphatic carbocycles. The van der Waals surface area contributed by atoms with Crippen LogP contribution in [0, 0.1) is 0 Å². The summed E-state index contributed by atoms with van der Waals surface area (Å²) in [5.74, 6) is 1.97. The topological polar surface area (TPSA) is 39.1 Å². The number of aryl methyl sites for hydroxylation is 1. The third-order valence-corrected chi connectivity index (χ3v) is 3.04. The van der Waals surface area contributed by atoms with Gasteiger partial charge in [-0.25, -0.2) is 4.98 Å². The summed E-state index contributed by atoms with van der Waals surface area (Å²) in [7, 11) is 2.02. The number of hydrogen-bond donors (Lipinski definition) is 1. The molecule has 1 aromatic carbocycles. The molecule has 1 unspecified atom stereocenters. The van der Waals surface area contributed by atoms with E-state index >= 15 is 0 Å². The summed E-state index contributed by atoms with van der Waals surface area (Å²) in [6, 6.07) is 10.1. The minimum absolute atomic E-state index is 0.230. The van der Waals surface area contributed by atoms with Crippen molar-refractivity contribution in [2.75, 3.05) is 13.2 Å². The molecule has 0 aliphatic rings. The fourth-order valence-corrected chi connectivity index (χ4v) is 2.09. The zero-order valence-corrected chi connectivity index (χ0v) is 11.5. The van der Waals surface area contributed by atoms with E-state index in [-0.39, 0.29) is 6.04 Å². The highest BCUT2D eigenvalue weighted by molar-refractivity contribution is 5.20. The van der Waals surface area contributed by atoms with Crippen molar-refractivity contribution >= 4 is 0 Å². The molecule has 0 amide bonds. The first-order valence-corrected chi connectivity index (χ1v) is 6.69. The molecule has 1 N–H and O–H groups in total. The molecule has 1 aromatic heterocycles. The van der Waals surface area contributed by atoms with Crippen molar-refractivity contribution in [1.82, 2.24) is 14.9 Å². The fourth-order valence-electron chi connectivity index (χ4n) is 2.09. The Morgan fingerprint density at radius 1 is 1.32 bits per heavy atom. The summed E-state index contributed by atoms with van der Waals surface area (Å²) in [5.41, 5.74) is 0. The maximum Gasteiger partial charge on any atom is 0.125 e. The Kier molecular flexibility index (Phi) is 4.98. The molecule has 19 heavy (non-hydrogen) atoms. The van der Waals surface area contributed by atoms with E-state index in [9.17, 15) is 0 Å². The van der Waals surface area contributed by atoms with Gasteiger partial charge in [-0.15, -0.1) is 0 Å². The second kappa shape index (κ2) is 6.95. The van der Waals surface area contributed by atoms with Crippen LogP contribution in [0.4, 0.5) is 0 Å². The Labute approximate surface area is 114 Å². The molecule has 102 valence electrons. The van der Waals surface area contributed by atoms with Gasteiger partial charge in [-0.2, -0.15) is 0 Å². The van der Waals surface area contributed by atoms with Crippen molar-refractivity contribution in [3.63, 3.8) is 0 Å². The lowest BCUT2D eigenvalue weighted by molar-refractivity contribution is 0.283. The number of nitrogens with one attached hydrogen (secondary N) is 1. The van der Waals surface area contributed by atoms with Crippen LogP contribution in [0.2, 0.25) is 0 Å². The van der Waals surface area contributed by atoms with E-state index in [0.717, 1.165) is 24.5 Å². The SMILES string of the molecule is CCNC(CCOc1ccccc1)c1nccn1C. The second-order valence-corrected chi connectivity index (χ2v) is 4.46. The van der Waals surface area contributed by atoms with Crippen LogP contribution in [0.25, 0.3) is 0 Å². The number of imidazole rings is 1. The quantitative estimate of drug-likeness (QED) is 0.830. The van der Waals surface area contributed by atoms with Gasteiger partial charge < -0.3 is 14.6 Å². The van der Waals surface area contributed by atoms with Gasteiger partial charge in [0.25, 0.3) is 0 Å². The number of nitrogens with zero attached hydrogens (tertiary/aromatic N) is 2. The number of ether oxygens (including phenoxy) is 1. The van der Waals surface area contributed by atoms with Crippen molar-refractivity contribution in [2.45, 2.75) is 19.4 Å². The average Bonchev–Trinajstić information content (AvgIpc) is 2.85. The normalized spacial score (nSPS) is 12.3. The van der Waals surface area contributed by atoms with Gasteiger partial charge in [0.1, 0.15) is 11.6 Å². The zero-order chi connectivity index (χ0) is 13.5. The van der Waals surface area contributed by atoms with Crippen molar-refractivity contribution in [1.29, 1.82) is 0 Å². The van der Waals surface area contributed by atoms with Gasteiger partial charge in [0.05, 0.1) is 12.6 Å². The highest BCUT2D eigenvalue weighted by Crippen LogP contribution is 2.16. The molecule has 0 fully saturated rings. The first-order valence-electron chi connectivity index (χ1n) is 6.69. The lowest BCUT2D eigenvalue weighted by atomic mass is 10.2. The molecule has 2 rings (SSSR count). The van der Waals surface area contributed by atoms with Crippen LogP contribution in [0.3, 0.4) is 0 Å². The summed E-state index contributed by atoms with van der Waals surface area (Å²) in [6.45, 7) is 3.70. The van der Waals surface area contributed by atoms with Crippen molar-refractivity contribution in [3.05, 3.63) is 48.5 Å². The average molecular weight is 259 g/mol. The molecule has 0 spiro atoms. The molecule has 1 atom stereocenters. The second-order valence-electron chi connectivity index (χ2n) is 4.46. The van der Waals surface area contributed by atoms with Crippen LogP contribution in [0.15, 0.2) is 42.7 Å². The van der Waals surface area contributed by atoms with Gasteiger partial charge in [0, 0.05) is 25.9 Å². The standard InChI is InChI=1S/C15H21N3O/c1-3-16-14(15-17-10-11-18(15)2)9-12-19-13-7-5-4-6-8-13/h4-8,10-11,14,16H,3,9,12H2,1-2H3. The highest BCUT2D eigenvalue weighted by atomic mass is 16.5. The number of para-hydroxylation sites is 1. The third-order valence-electron chi connectivity index (χ3n) is 3.04. The van der Waals surface area contributed by atoms with E-state index in [2.05, 4.69) is 21.8 Å². The molecule has 2 aromatic rings. The Balaban J connectivity index is 1.89. The first-order chi connectivity index (χ1) is 9.31. The molecule has 4 nitrogen and oxygen atoms in total. The van der Waals surface area contributed by atoms with E-state index in [1.165, 1.54) is 0 Å². The Morgan fingerprint density at radius 2 is 2.11 bits per heavy atom. The molecule has 4 heteroatoms. The maximum absolute atomic E-state index is 5.74. The lowest BCUT2D eigenvalue weighted by Gasteiger charge is -2.17. The highest BCUT2D eigenvalue weighted by Gasteiger charge is 2.14. The van der Waals surface area contributed by atoms with Gasteiger partial charge in [-0.05, 0) is 18.7 Å². The third kappa shape index (κ3) is 3.83. The predicted molar refractivity (Wildman–Crippen MR) is 76.2 cm³/mol. The molecular formula is C15H21N3O. The monoisotopic (exact) mass is 259 g/mol. The van der Waals surface area contributed by atoms with Gasteiger partial charge in [-0.1, -0.05) is 25.1 Å². The van der Waals surface area contributed by atoms with Gasteiger partial charge in [0.15, 0.2) is 0 Å². The van der Waals surface area contributed by atoms with Crippen LogP contribution in [0.5, 0.6) is 5.75 Å². The van der Waals surface area contributed by atoms with E-state index in [4.69, 9.17) is 4.74 Å². The minimum atomic E-state index is 0.230. The van der Waals surface area contributed by atoms with E-state index in [1.54, 1.807) is 0 Å². The van der Waals surface area contributed by atoms with Crippen LogP contribution in [-0.2, 0) is 7.05 Å². The summed E-state index contributed by atoms with van der Waals surface area (Å²) in [4.78, 5) is 4.41. The number of rotatable bonds is 7. The summed E-state index contributed by atoms with van der Waals surface area (Å²) < 4.78 is 7.80. The van der Waals surface area contributed by atoms with Crippen LogP contribution < -0.4 is 10.1 Å². The number of benzene rings is 1. The van der Waals surface area contributed by atoms with Gasteiger partial charge in [-0.3, -0.25) is 0 Å². The summed E-state index contributed by atoms with van der Waals surface area (Å²) in [5, 5.41) is 3.45. The van der Waals surface area contributed by atoms with Crippen LogP contribution >= 0.6 is 0 Å². The molecule has 0 radical (unpaired) electrons. The van der Waals surface area contributed by atoms with Gasteiger partial charge in [0.2, 0.25) is 0 Å². The lowest BCUT2D eigenvalue weighted by Crippen LogP contribution is -2.25. The van der Waals surface area contributed by atoms with Crippen molar-refractivity contribution in [2.24, 2.45) is 7.05 Å². The molecule has 1 heterocycles. The zero-order valence-electron chi connectivity index (χ0n) is 11.5. The summed E-state index contributed by atoms with van der Waals surface area (Å²) >= 11 is 0.